The highest BCUT2D eigenvalue weighted by molar-refractivity contribution is 5.71. The number of hydrogen-bond donors (Lipinski definition) is 0. The Bertz CT molecular complexity index is 1030. The lowest BCUT2D eigenvalue weighted by molar-refractivity contribution is -0.167. The number of esters is 3. The monoisotopic (exact) mass is 857 g/mol. The molecule has 0 aromatic carbocycles. The maximum atomic E-state index is 12.8. The summed E-state index contributed by atoms with van der Waals surface area (Å²) in [5, 5.41) is 0. The molecule has 1 atom stereocenters. The molecule has 0 aliphatic rings. The zero-order chi connectivity index (χ0) is 44.4. The SMILES string of the molecule is CC/C=C\C/C=C\CCCCCCCCCC(=O)OC(COC(=O)CCCCCCC/C=C\CCCC)COC(=O)CCCCCCCCCCCCCCCCCCCC. The molecule has 0 saturated carbocycles. The van der Waals surface area contributed by atoms with E-state index >= 15 is 0 Å². The predicted octanol–water partition coefficient (Wildman–Crippen LogP) is 17.3. The molecule has 0 spiro atoms. The van der Waals surface area contributed by atoms with E-state index in [1.165, 1.54) is 154 Å². The highest BCUT2D eigenvalue weighted by atomic mass is 16.6. The number of ether oxygens (including phenoxy) is 3. The number of hydrogen-bond acceptors (Lipinski definition) is 6. The van der Waals surface area contributed by atoms with E-state index in [1.54, 1.807) is 0 Å². The van der Waals surface area contributed by atoms with Gasteiger partial charge in [-0.05, 0) is 64.2 Å². The van der Waals surface area contributed by atoms with Crippen molar-refractivity contribution in [1.29, 1.82) is 0 Å². The molecule has 0 aromatic heterocycles. The first-order chi connectivity index (χ1) is 30.0. The Labute approximate surface area is 378 Å². The van der Waals surface area contributed by atoms with Crippen LogP contribution in [0, 0.1) is 0 Å². The summed E-state index contributed by atoms with van der Waals surface area (Å²) in [6.07, 6.45) is 58.5. The van der Waals surface area contributed by atoms with E-state index in [0.717, 1.165) is 83.5 Å². The minimum atomic E-state index is -0.775. The van der Waals surface area contributed by atoms with Gasteiger partial charge in [-0.1, -0.05) is 231 Å². The van der Waals surface area contributed by atoms with Crippen LogP contribution >= 0.6 is 0 Å². The summed E-state index contributed by atoms with van der Waals surface area (Å²) in [4.78, 5) is 37.9. The van der Waals surface area contributed by atoms with E-state index in [-0.39, 0.29) is 31.1 Å². The zero-order valence-electron chi connectivity index (χ0n) is 40.7. The van der Waals surface area contributed by atoms with Crippen molar-refractivity contribution in [2.45, 2.75) is 284 Å². The van der Waals surface area contributed by atoms with E-state index in [9.17, 15) is 14.4 Å². The number of rotatable bonds is 48. The zero-order valence-corrected chi connectivity index (χ0v) is 40.7. The Balaban J connectivity index is 4.30. The molecule has 0 aliphatic heterocycles. The van der Waals surface area contributed by atoms with Gasteiger partial charge in [0.25, 0.3) is 0 Å². The average molecular weight is 857 g/mol. The molecule has 6 heteroatoms. The first-order valence-corrected chi connectivity index (χ1v) is 26.5. The van der Waals surface area contributed by atoms with Gasteiger partial charge in [0, 0.05) is 19.3 Å². The lowest BCUT2D eigenvalue weighted by Gasteiger charge is -2.18. The lowest BCUT2D eigenvalue weighted by Crippen LogP contribution is -2.30. The molecule has 0 saturated heterocycles. The molecule has 0 aromatic rings. The van der Waals surface area contributed by atoms with Crippen LogP contribution in [0.4, 0.5) is 0 Å². The summed E-state index contributed by atoms with van der Waals surface area (Å²) in [5.41, 5.74) is 0. The standard InChI is InChI=1S/C55H100O6/c1-4-7-10-13-16-19-22-24-26-27-28-29-31-33-36-39-42-45-48-54(57)60-51-52(50-59-53(56)47-44-41-38-35-32-21-18-15-12-9-6-3)61-55(58)49-46-43-40-37-34-30-25-23-20-17-14-11-8-5-2/h8,11,15,17-18,20,52H,4-7,9-10,12-14,16,19,21-51H2,1-3H3/b11-8-,18-15-,20-17-. The van der Waals surface area contributed by atoms with Crippen molar-refractivity contribution in [2.75, 3.05) is 13.2 Å². The van der Waals surface area contributed by atoms with Crippen LogP contribution in [0.3, 0.4) is 0 Å². The Morgan fingerprint density at radius 3 is 1.05 bits per heavy atom. The smallest absolute Gasteiger partial charge is 0.306 e. The van der Waals surface area contributed by atoms with E-state index in [1.807, 2.05) is 0 Å². The summed E-state index contributed by atoms with van der Waals surface area (Å²) in [7, 11) is 0. The third-order valence-corrected chi connectivity index (χ3v) is 11.6. The van der Waals surface area contributed by atoms with Gasteiger partial charge >= 0.3 is 17.9 Å². The molecule has 1 unspecified atom stereocenters. The highest BCUT2D eigenvalue weighted by Crippen LogP contribution is 2.16. The molecule has 0 fully saturated rings. The molecule has 0 rings (SSSR count). The second-order valence-electron chi connectivity index (χ2n) is 17.8. The molecule has 0 aliphatic carbocycles. The molecule has 0 bridgehead atoms. The van der Waals surface area contributed by atoms with Crippen LogP contribution in [0.15, 0.2) is 36.5 Å². The number of carbonyl (C=O) groups excluding carboxylic acids is 3. The van der Waals surface area contributed by atoms with Gasteiger partial charge in [0.1, 0.15) is 13.2 Å². The lowest BCUT2D eigenvalue weighted by atomic mass is 10.0. The van der Waals surface area contributed by atoms with Crippen molar-refractivity contribution in [3.05, 3.63) is 36.5 Å². The van der Waals surface area contributed by atoms with Crippen LogP contribution in [0.1, 0.15) is 278 Å². The Morgan fingerprint density at radius 2 is 0.656 bits per heavy atom. The highest BCUT2D eigenvalue weighted by Gasteiger charge is 2.19. The van der Waals surface area contributed by atoms with E-state index in [4.69, 9.17) is 14.2 Å². The molecular weight excluding hydrogens is 757 g/mol. The maximum absolute atomic E-state index is 12.8. The molecule has 6 nitrogen and oxygen atoms in total. The van der Waals surface area contributed by atoms with Crippen molar-refractivity contribution in [2.24, 2.45) is 0 Å². The molecule has 0 N–H and O–H groups in total. The van der Waals surface area contributed by atoms with Crippen molar-refractivity contribution in [1.82, 2.24) is 0 Å². The third-order valence-electron chi connectivity index (χ3n) is 11.6. The first kappa shape index (κ1) is 58.6. The fourth-order valence-corrected chi connectivity index (χ4v) is 7.64. The van der Waals surface area contributed by atoms with Gasteiger partial charge in [-0.2, -0.15) is 0 Å². The van der Waals surface area contributed by atoms with Crippen molar-refractivity contribution in [3.63, 3.8) is 0 Å². The summed E-state index contributed by atoms with van der Waals surface area (Å²) in [5.74, 6) is -0.882. The average Bonchev–Trinajstić information content (AvgIpc) is 3.26. The Hall–Kier alpha value is -2.37. The quantitative estimate of drug-likeness (QED) is 0.0262. The van der Waals surface area contributed by atoms with Crippen molar-refractivity contribution in [3.8, 4) is 0 Å². The van der Waals surface area contributed by atoms with Crippen LogP contribution in [-0.2, 0) is 28.6 Å². The van der Waals surface area contributed by atoms with Gasteiger partial charge in [-0.15, -0.1) is 0 Å². The number of allylic oxidation sites excluding steroid dienone is 6. The second kappa shape index (κ2) is 50.3. The van der Waals surface area contributed by atoms with Gasteiger partial charge in [0.2, 0.25) is 0 Å². The Kier molecular flexibility index (Phi) is 48.3. The van der Waals surface area contributed by atoms with Gasteiger partial charge in [-0.3, -0.25) is 14.4 Å². The normalized spacial score (nSPS) is 12.2. The third kappa shape index (κ3) is 48.5. The Morgan fingerprint density at radius 1 is 0.344 bits per heavy atom. The predicted molar refractivity (Wildman–Crippen MR) is 261 cm³/mol. The van der Waals surface area contributed by atoms with Crippen LogP contribution in [-0.4, -0.2) is 37.2 Å². The molecular formula is C55H100O6. The van der Waals surface area contributed by atoms with Gasteiger partial charge in [0.05, 0.1) is 0 Å². The first-order valence-electron chi connectivity index (χ1n) is 26.5. The van der Waals surface area contributed by atoms with Gasteiger partial charge in [0.15, 0.2) is 6.10 Å². The van der Waals surface area contributed by atoms with Crippen LogP contribution in [0.25, 0.3) is 0 Å². The topological polar surface area (TPSA) is 78.9 Å². The van der Waals surface area contributed by atoms with E-state index in [2.05, 4.69) is 57.2 Å². The largest absolute Gasteiger partial charge is 0.462 e. The van der Waals surface area contributed by atoms with Gasteiger partial charge in [-0.25, -0.2) is 0 Å². The summed E-state index contributed by atoms with van der Waals surface area (Å²) < 4.78 is 16.8. The minimum Gasteiger partial charge on any atom is -0.462 e. The molecule has 0 radical (unpaired) electrons. The second-order valence-corrected chi connectivity index (χ2v) is 17.8. The van der Waals surface area contributed by atoms with Crippen LogP contribution in [0.2, 0.25) is 0 Å². The molecule has 61 heavy (non-hydrogen) atoms. The summed E-state index contributed by atoms with van der Waals surface area (Å²) in [6, 6.07) is 0. The summed E-state index contributed by atoms with van der Waals surface area (Å²) in [6.45, 7) is 6.51. The number of unbranched alkanes of at least 4 members (excludes halogenated alkanes) is 31. The van der Waals surface area contributed by atoms with Crippen molar-refractivity contribution < 1.29 is 28.6 Å². The maximum Gasteiger partial charge on any atom is 0.306 e. The fraction of sp³-hybridized carbons (Fsp3) is 0.836. The van der Waals surface area contributed by atoms with Crippen molar-refractivity contribution >= 4 is 17.9 Å². The summed E-state index contributed by atoms with van der Waals surface area (Å²) >= 11 is 0. The minimum absolute atomic E-state index is 0.0750. The van der Waals surface area contributed by atoms with Crippen LogP contribution in [0.5, 0.6) is 0 Å². The van der Waals surface area contributed by atoms with E-state index < -0.39 is 6.10 Å². The fourth-order valence-electron chi connectivity index (χ4n) is 7.64. The molecule has 356 valence electrons. The van der Waals surface area contributed by atoms with Crippen LogP contribution < -0.4 is 0 Å². The number of carbonyl (C=O) groups is 3. The molecule has 0 amide bonds. The van der Waals surface area contributed by atoms with Gasteiger partial charge < -0.3 is 14.2 Å². The van der Waals surface area contributed by atoms with E-state index in [0.29, 0.717) is 19.3 Å². The molecule has 0 heterocycles.